The van der Waals surface area contributed by atoms with Crippen molar-refractivity contribution in [2.45, 2.75) is 6.54 Å². The van der Waals surface area contributed by atoms with E-state index in [9.17, 15) is 0 Å². The normalized spacial score (nSPS) is 10.6. The van der Waals surface area contributed by atoms with Crippen molar-refractivity contribution in [1.82, 2.24) is 24.7 Å². The molecule has 7 nitrogen and oxygen atoms in total. The lowest BCUT2D eigenvalue weighted by molar-refractivity contribution is 0.415. The summed E-state index contributed by atoms with van der Waals surface area (Å²) in [6, 6.07) is 17.7. The average Bonchev–Trinajstić information content (AvgIpc) is 3.22. The van der Waals surface area contributed by atoms with Gasteiger partial charge in [0.05, 0.1) is 19.3 Å². The first-order valence-corrected chi connectivity index (χ1v) is 8.46. The average molecular weight is 358 g/mol. The van der Waals surface area contributed by atoms with Gasteiger partial charge in [-0.05, 0) is 29.8 Å². The molecule has 0 fully saturated rings. The third kappa shape index (κ3) is 4.09. The highest BCUT2D eigenvalue weighted by atomic mass is 16.5. The van der Waals surface area contributed by atoms with E-state index in [0.717, 1.165) is 28.3 Å². The Kier molecular flexibility index (Phi) is 4.74. The maximum atomic E-state index is 5.25. The van der Waals surface area contributed by atoms with Gasteiger partial charge in [0.2, 0.25) is 5.95 Å². The highest BCUT2D eigenvalue weighted by molar-refractivity contribution is 5.63. The molecule has 0 aliphatic heterocycles. The molecule has 2 heterocycles. The SMILES string of the molecule is COc1cccc(Nc2nccc(-c3cccc(Cn4cncn4)c3)n2)c1. The third-order valence-corrected chi connectivity index (χ3v) is 4.02. The lowest BCUT2D eigenvalue weighted by Gasteiger charge is -2.09. The molecule has 27 heavy (non-hydrogen) atoms. The fourth-order valence-corrected chi connectivity index (χ4v) is 2.74. The van der Waals surface area contributed by atoms with E-state index in [4.69, 9.17) is 4.74 Å². The molecule has 0 atom stereocenters. The van der Waals surface area contributed by atoms with Crippen LogP contribution in [0.15, 0.2) is 73.4 Å². The molecule has 0 bridgehead atoms. The third-order valence-electron chi connectivity index (χ3n) is 4.02. The number of aromatic nitrogens is 5. The van der Waals surface area contributed by atoms with Crippen LogP contribution in [0.4, 0.5) is 11.6 Å². The highest BCUT2D eigenvalue weighted by Gasteiger charge is 2.05. The first kappa shape index (κ1) is 16.7. The van der Waals surface area contributed by atoms with Crippen molar-refractivity contribution in [3.8, 4) is 17.0 Å². The summed E-state index contributed by atoms with van der Waals surface area (Å²) in [6.45, 7) is 0.661. The molecular formula is C20H18N6O. The molecule has 0 spiro atoms. The second-order valence-electron chi connectivity index (χ2n) is 5.92. The molecule has 0 saturated carbocycles. The summed E-state index contributed by atoms with van der Waals surface area (Å²) in [7, 11) is 1.64. The van der Waals surface area contributed by atoms with Gasteiger partial charge in [0.15, 0.2) is 0 Å². The highest BCUT2D eigenvalue weighted by Crippen LogP contribution is 2.22. The Morgan fingerprint density at radius 2 is 2.00 bits per heavy atom. The summed E-state index contributed by atoms with van der Waals surface area (Å²) < 4.78 is 7.04. The van der Waals surface area contributed by atoms with E-state index in [-0.39, 0.29) is 0 Å². The van der Waals surface area contributed by atoms with Crippen molar-refractivity contribution in [3.05, 3.63) is 79.0 Å². The number of nitrogens with zero attached hydrogens (tertiary/aromatic N) is 5. The number of rotatable bonds is 6. The van der Waals surface area contributed by atoms with E-state index in [0.29, 0.717) is 12.5 Å². The van der Waals surface area contributed by atoms with Gasteiger partial charge in [0, 0.05) is 23.5 Å². The zero-order valence-corrected chi connectivity index (χ0v) is 14.8. The Morgan fingerprint density at radius 3 is 2.85 bits per heavy atom. The Morgan fingerprint density at radius 1 is 1.07 bits per heavy atom. The van der Waals surface area contributed by atoms with E-state index >= 15 is 0 Å². The number of anilines is 2. The summed E-state index contributed by atoms with van der Waals surface area (Å²) in [5.41, 5.74) is 3.85. The van der Waals surface area contributed by atoms with Gasteiger partial charge < -0.3 is 10.1 Å². The molecule has 0 unspecified atom stereocenters. The van der Waals surface area contributed by atoms with Gasteiger partial charge in [-0.2, -0.15) is 5.10 Å². The molecule has 4 rings (SSSR count). The van der Waals surface area contributed by atoms with E-state index < -0.39 is 0 Å². The first-order valence-electron chi connectivity index (χ1n) is 8.46. The predicted molar refractivity (Wildman–Crippen MR) is 103 cm³/mol. The Hall–Kier alpha value is -3.74. The lowest BCUT2D eigenvalue weighted by atomic mass is 10.1. The van der Waals surface area contributed by atoms with Gasteiger partial charge in [0.25, 0.3) is 0 Å². The molecule has 0 aliphatic rings. The number of hydrogen-bond donors (Lipinski definition) is 1. The summed E-state index contributed by atoms with van der Waals surface area (Å²) >= 11 is 0. The van der Waals surface area contributed by atoms with Crippen LogP contribution < -0.4 is 10.1 Å². The predicted octanol–water partition coefficient (Wildman–Crippen LogP) is 3.54. The summed E-state index contributed by atoms with van der Waals surface area (Å²) in [4.78, 5) is 12.9. The molecule has 2 aromatic heterocycles. The van der Waals surface area contributed by atoms with Crippen molar-refractivity contribution in [2.75, 3.05) is 12.4 Å². The van der Waals surface area contributed by atoms with Crippen LogP contribution in [0.25, 0.3) is 11.3 Å². The minimum absolute atomic E-state index is 0.530. The molecule has 134 valence electrons. The van der Waals surface area contributed by atoms with Crippen LogP contribution in [0.1, 0.15) is 5.56 Å². The fourth-order valence-electron chi connectivity index (χ4n) is 2.74. The molecule has 2 aromatic carbocycles. The Bertz CT molecular complexity index is 1030. The second kappa shape index (κ2) is 7.65. The molecule has 0 radical (unpaired) electrons. The van der Waals surface area contributed by atoms with E-state index in [1.54, 1.807) is 24.3 Å². The number of benzene rings is 2. The minimum Gasteiger partial charge on any atom is -0.497 e. The summed E-state index contributed by atoms with van der Waals surface area (Å²) in [5, 5.41) is 7.36. The van der Waals surface area contributed by atoms with Gasteiger partial charge in [-0.25, -0.2) is 19.6 Å². The molecule has 0 saturated heterocycles. The van der Waals surface area contributed by atoms with Crippen molar-refractivity contribution in [1.29, 1.82) is 0 Å². The Balaban J connectivity index is 1.57. The maximum Gasteiger partial charge on any atom is 0.227 e. The molecule has 7 heteroatoms. The van der Waals surface area contributed by atoms with Gasteiger partial charge in [0.1, 0.15) is 18.4 Å². The number of hydrogen-bond acceptors (Lipinski definition) is 6. The van der Waals surface area contributed by atoms with Crippen LogP contribution >= 0.6 is 0 Å². The monoisotopic (exact) mass is 358 g/mol. The van der Waals surface area contributed by atoms with Crippen LogP contribution in [0.2, 0.25) is 0 Å². The Labute approximate surface area is 156 Å². The smallest absolute Gasteiger partial charge is 0.227 e. The van der Waals surface area contributed by atoms with Gasteiger partial charge in [-0.15, -0.1) is 0 Å². The van der Waals surface area contributed by atoms with Gasteiger partial charge in [-0.3, -0.25) is 0 Å². The van der Waals surface area contributed by atoms with Crippen molar-refractivity contribution in [3.63, 3.8) is 0 Å². The molecule has 0 aliphatic carbocycles. The van der Waals surface area contributed by atoms with Crippen LogP contribution in [-0.2, 0) is 6.54 Å². The van der Waals surface area contributed by atoms with Crippen LogP contribution in [0, 0.1) is 0 Å². The van der Waals surface area contributed by atoms with Crippen LogP contribution in [-0.4, -0.2) is 31.8 Å². The molecular weight excluding hydrogens is 340 g/mol. The maximum absolute atomic E-state index is 5.25. The standard InChI is InChI=1S/C20H18N6O/c1-27-18-7-3-6-17(11-18)24-20-22-9-8-19(25-20)16-5-2-4-15(10-16)12-26-14-21-13-23-26/h2-11,13-14H,12H2,1H3,(H,22,24,25). The van der Waals surface area contributed by atoms with E-state index in [2.05, 4.69) is 37.5 Å². The number of nitrogens with one attached hydrogen (secondary N) is 1. The van der Waals surface area contributed by atoms with Crippen molar-refractivity contribution < 1.29 is 4.74 Å². The molecule has 1 N–H and O–H groups in total. The van der Waals surface area contributed by atoms with Crippen molar-refractivity contribution >= 4 is 11.6 Å². The van der Waals surface area contributed by atoms with Gasteiger partial charge >= 0.3 is 0 Å². The topological polar surface area (TPSA) is 77.8 Å². The minimum atomic E-state index is 0.530. The zero-order valence-electron chi connectivity index (χ0n) is 14.8. The van der Waals surface area contributed by atoms with Gasteiger partial charge in [-0.1, -0.05) is 24.3 Å². The van der Waals surface area contributed by atoms with E-state index in [1.165, 1.54) is 6.33 Å². The largest absolute Gasteiger partial charge is 0.497 e. The molecule has 4 aromatic rings. The number of methoxy groups -OCH3 is 1. The lowest BCUT2D eigenvalue weighted by Crippen LogP contribution is -2.01. The molecule has 0 amide bonds. The number of ether oxygens (including phenoxy) is 1. The summed E-state index contributed by atoms with van der Waals surface area (Å²) in [6.07, 6.45) is 4.98. The quantitative estimate of drug-likeness (QED) is 0.568. The van der Waals surface area contributed by atoms with Crippen LogP contribution in [0.5, 0.6) is 5.75 Å². The van der Waals surface area contributed by atoms with E-state index in [1.807, 2.05) is 42.5 Å². The second-order valence-corrected chi connectivity index (χ2v) is 5.92. The van der Waals surface area contributed by atoms with Crippen LogP contribution in [0.3, 0.4) is 0 Å². The van der Waals surface area contributed by atoms with Crippen molar-refractivity contribution in [2.24, 2.45) is 0 Å². The zero-order chi connectivity index (χ0) is 18.5. The first-order chi connectivity index (χ1) is 13.3. The summed E-state index contributed by atoms with van der Waals surface area (Å²) in [5.74, 6) is 1.30. The fraction of sp³-hybridized carbons (Fsp3) is 0.100.